The molecule has 0 spiro atoms. The number of rotatable bonds is 8. The Bertz CT molecular complexity index is 912. The Hall–Kier alpha value is -3.05. The summed E-state index contributed by atoms with van der Waals surface area (Å²) in [5.74, 6) is 1.25. The standard InChI is InChI=1S/C22H22ClN3O2/c1-2-28-20-9-7-19(8-10-20)26-22(27)17-12-14-25-21(15-17)24-13-11-16-3-5-18(23)6-4-16/h3-10,12,14-15H,2,11,13H2,1H3,(H,24,25)(H,26,27). The molecule has 0 radical (unpaired) electrons. The van der Waals surface area contributed by atoms with Gasteiger partial charge in [0.05, 0.1) is 6.61 Å². The van der Waals surface area contributed by atoms with Crippen LogP contribution in [0.4, 0.5) is 11.5 Å². The molecule has 0 bridgehead atoms. The van der Waals surface area contributed by atoms with Crippen molar-refractivity contribution in [1.29, 1.82) is 0 Å². The van der Waals surface area contributed by atoms with Gasteiger partial charge in [0, 0.05) is 29.0 Å². The summed E-state index contributed by atoms with van der Waals surface area (Å²) in [4.78, 5) is 16.8. The number of anilines is 2. The molecule has 0 atom stereocenters. The van der Waals surface area contributed by atoms with E-state index in [4.69, 9.17) is 16.3 Å². The van der Waals surface area contributed by atoms with Crippen molar-refractivity contribution in [2.75, 3.05) is 23.8 Å². The van der Waals surface area contributed by atoms with Gasteiger partial charge in [0.2, 0.25) is 0 Å². The number of nitrogens with zero attached hydrogens (tertiary/aromatic N) is 1. The van der Waals surface area contributed by atoms with Crippen LogP contribution in [-0.2, 0) is 6.42 Å². The summed E-state index contributed by atoms with van der Waals surface area (Å²) in [6.45, 7) is 3.25. The number of amides is 1. The number of carbonyl (C=O) groups excluding carboxylic acids is 1. The van der Waals surface area contributed by atoms with E-state index in [-0.39, 0.29) is 5.91 Å². The van der Waals surface area contributed by atoms with E-state index in [0.29, 0.717) is 30.2 Å². The molecule has 0 aliphatic rings. The molecule has 3 rings (SSSR count). The predicted octanol–water partition coefficient (Wildman–Crippen LogP) is 5.04. The smallest absolute Gasteiger partial charge is 0.255 e. The van der Waals surface area contributed by atoms with Crippen LogP contribution >= 0.6 is 11.6 Å². The summed E-state index contributed by atoms with van der Waals surface area (Å²) in [5, 5.41) is 6.85. The largest absolute Gasteiger partial charge is 0.494 e. The topological polar surface area (TPSA) is 63.2 Å². The second-order valence-corrected chi connectivity index (χ2v) is 6.58. The summed E-state index contributed by atoms with van der Waals surface area (Å²) < 4.78 is 5.41. The first-order chi connectivity index (χ1) is 13.6. The van der Waals surface area contributed by atoms with Gasteiger partial charge >= 0.3 is 0 Å². The highest BCUT2D eigenvalue weighted by atomic mass is 35.5. The lowest BCUT2D eigenvalue weighted by Gasteiger charge is -2.09. The zero-order valence-electron chi connectivity index (χ0n) is 15.6. The van der Waals surface area contributed by atoms with Crippen molar-refractivity contribution in [3.05, 3.63) is 83.0 Å². The maximum atomic E-state index is 12.5. The van der Waals surface area contributed by atoms with Gasteiger partial charge in [-0.3, -0.25) is 4.79 Å². The van der Waals surface area contributed by atoms with E-state index in [1.807, 2.05) is 55.5 Å². The van der Waals surface area contributed by atoms with Gasteiger partial charge < -0.3 is 15.4 Å². The Morgan fingerprint density at radius 3 is 2.54 bits per heavy atom. The Labute approximate surface area is 169 Å². The minimum absolute atomic E-state index is 0.188. The number of nitrogens with one attached hydrogen (secondary N) is 2. The molecule has 6 heteroatoms. The molecule has 1 aromatic heterocycles. The summed E-state index contributed by atoms with van der Waals surface area (Å²) in [5.41, 5.74) is 2.43. The van der Waals surface area contributed by atoms with Crippen LogP contribution < -0.4 is 15.4 Å². The number of hydrogen-bond acceptors (Lipinski definition) is 4. The molecule has 0 saturated carbocycles. The normalized spacial score (nSPS) is 10.4. The summed E-state index contributed by atoms with van der Waals surface area (Å²) in [6, 6.07) is 18.5. The van der Waals surface area contributed by atoms with Crippen LogP contribution in [0.3, 0.4) is 0 Å². The molecule has 144 valence electrons. The molecular weight excluding hydrogens is 374 g/mol. The number of hydrogen-bond donors (Lipinski definition) is 2. The number of aromatic nitrogens is 1. The molecule has 0 saturated heterocycles. The fourth-order valence-corrected chi connectivity index (χ4v) is 2.78. The van der Waals surface area contributed by atoms with Gasteiger partial charge in [-0.2, -0.15) is 0 Å². The average molecular weight is 396 g/mol. The van der Waals surface area contributed by atoms with Crippen LogP contribution in [0.25, 0.3) is 0 Å². The monoisotopic (exact) mass is 395 g/mol. The molecule has 0 unspecified atom stereocenters. The Balaban J connectivity index is 1.55. The van der Waals surface area contributed by atoms with Crippen LogP contribution in [0.2, 0.25) is 5.02 Å². The summed E-state index contributed by atoms with van der Waals surface area (Å²) in [6.07, 6.45) is 2.46. The van der Waals surface area contributed by atoms with E-state index in [9.17, 15) is 4.79 Å². The van der Waals surface area contributed by atoms with Crippen LogP contribution in [0.5, 0.6) is 5.75 Å². The number of ether oxygens (including phenoxy) is 1. The molecule has 0 fully saturated rings. The molecule has 2 aromatic carbocycles. The van der Waals surface area contributed by atoms with Gasteiger partial charge in [-0.25, -0.2) is 4.98 Å². The molecular formula is C22H22ClN3O2. The summed E-state index contributed by atoms with van der Waals surface area (Å²) >= 11 is 5.90. The summed E-state index contributed by atoms with van der Waals surface area (Å²) in [7, 11) is 0. The van der Waals surface area contributed by atoms with Gasteiger partial charge in [0.1, 0.15) is 11.6 Å². The van der Waals surface area contributed by atoms with E-state index in [2.05, 4.69) is 15.6 Å². The molecule has 28 heavy (non-hydrogen) atoms. The number of pyridine rings is 1. The third-order valence-corrected chi connectivity index (χ3v) is 4.33. The van der Waals surface area contributed by atoms with Gasteiger partial charge in [0.15, 0.2) is 0 Å². The van der Waals surface area contributed by atoms with Gasteiger partial charge in [-0.05, 0) is 67.4 Å². The fourth-order valence-electron chi connectivity index (χ4n) is 2.66. The van der Waals surface area contributed by atoms with Gasteiger partial charge in [-0.1, -0.05) is 23.7 Å². The highest BCUT2D eigenvalue weighted by Gasteiger charge is 2.08. The van der Waals surface area contributed by atoms with E-state index in [0.717, 1.165) is 17.2 Å². The minimum atomic E-state index is -0.188. The maximum absolute atomic E-state index is 12.5. The number of benzene rings is 2. The van der Waals surface area contributed by atoms with E-state index in [1.54, 1.807) is 18.3 Å². The maximum Gasteiger partial charge on any atom is 0.255 e. The van der Waals surface area contributed by atoms with E-state index in [1.165, 1.54) is 5.56 Å². The highest BCUT2D eigenvalue weighted by Crippen LogP contribution is 2.17. The van der Waals surface area contributed by atoms with E-state index >= 15 is 0 Å². The first-order valence-corrected chi connectivity index (χ1v) is 9.50. The molecule has 3 aromatic rings. The first kappa shape index (κ1) is 19.7. The Kier molecular flexibility index (Phi) is 6.87. The lowest BCUT2D eigenvalue weighted by atomic mass is 10.1. The van der Waals surface area contributed by atoms with Crippen molar-refractivity contribution in [3.63, 3.8) is 0 Å². The highest BCUT2D eigenvalue weighted by molar-refractivity contribution is 6.30. The number of halogens is 1. The third kappa shape index (κ3) is 5.72. The molecule has 0 aliphatic heterocycles. The molecule has 0 aliphatic carbocycles. The average Bonchev–Trinajstić information content (AvgIpc) is 2.71. The minimum Gasteiger partial charge on any atom is -0.494 e. The van der Waals surface area contributed by atoms with Crippen molar-refractivity contribution < 1.29 is 9.53 Å². The SMILES string of the molecule is CCOc1ccc(NC(=O)c2ccnc(NCCc3ccc(Cl)cc3)c2)cc1. The zero-order valence-corrected chi connectivity index (χ0v) is 16.4. The molecule has 2 N–H and O–H groups in total. The zero-order chi connectivity index (χ0) is 19.8. The first-order valence-electron chi connectivity index (χ1n) is 9.12. The predicted molar refractivity (Wildman–Crippen MR) is 113 cm³/mol. The van der Waals surface area contributed by atoms with Gasteiger partial charge in [0.25, 0.3) is 5.91 Å². The lowest BCUT2D eigenvalue weighted by Crippen LogP contribution is -2.13. The fraction of sp³-hybridized carbons (Fsp3) is 0.182. The van der Waals surface area contributed by atoms with Crippen molar-refractivity contribution in [1.82, 2.24) is 4.98 Å². The van der Waals surface area contributed by atoms with Crippen LogP contribution in [-0.4, -0.2) is 24.0 Å². The van der Waals surface area contributed by atoms with Crippen LogP contribution in [0, 0.1) is 0 Å². The van der Waals surface area contributed by atoms with Crippen molar-refractivity contribution in [2.45, 2.75) is 13.3 Å². The quantitative estimate of drug-likeness (QED) is 0.560. The Morgan fingerprint density at radius 2 is 1.82 bits per heavy atom. The Morgan fingerprint density at radius 1 is 1.07 bits per heavy atom. The van der Waals surface area contributed by atoms with Crippen LogP contribution in [0.1, 0.15) is 22.8 Å². The number of carbonyl (C=O) groups is 1. The van der Waals surface area contributed by atoms with Gasteiger partial charge in [-0.15, -0.1) is 0 Å². The van der Waals surface area contributed by atoms with Crippen molar-refractivity contribution in [2.24, 2.45) is 0 Å². The molecule has 5 nitrogen and oxygen atoms in total. The van der Waals surface area contributed by atoms with Crippen molar-refractivity contribution in [3.8, 4) is 5.75 Å². The third-order valence-electron chi connectivity index (χ3n) is 4.08. The molecule has 1 amide bonds. The van der Waals surface area contributed by atoms with E-state index < -0.39 is 0 Å². The van der Waals surface area contributed by atoms with Crippen LogP contribution in [0.15, 0.2) is 66.9 Å². The van der Waals surface area contributed by atoms with Crippen molar-refractivity contribution >= 4 is 29.0 Å². The lowest BCUT2D eigenvalue weighted by molar-refractivity contribution is 0.102. The second kappa shape index (κ2) is 9.76. The molecule has 1 heterocycles. The second-order valence-electron chi connectivity index (χ2n) is 6.14.